The van der Waals surface area contributed by atoms with Gasteiger partial charge in [-0.25, -0.2) is 0 Å². The monoisotopic (exact) mass is 1200 g/mol. The topological polar surface area (TPSA) is 277 Å². The lowest BCUT2D eigenvalue weighted by Crippen LogP contribution is -2.65. The van der Waals surface area contributed by atoms with Crippen molar-refractivity contribution in [2.45, 2.75) is 272 Å². The second kappa shape index (κ2) is 32.1. The predicted molar refractivity (Wildman–Crippen MR) is 330 cm³/mol. The van der Waals surface area contributed by atoms with Gasteiger partial charge in [0.25, 0.3) is 0 Å². The van der Waals surface area contributed by atoms with Crippen LogP contribution in [0.1, 0.15) is 219 Å². The first-order chi connectivity index (χ1) is 39.6. The van der Waals surface area contributed by atoms with E-state index in [9.17, 15) is 47.9 Å². The number of unbranched alkanes of at least 4 members (excludes halogenated alkanes) is 5. The largest absolute Gasteiger partial charge is 0.354 e. The smallest absolute Gasteiger partial charge is 0.246 e. The maximum absolute atomic E-state index is 14.9. The van der Waals surface area contributed by atoms with Gasteiger partial charge in [0.15, 0.2) is 0 Å². The van der Waals surface area contributed by atoms with E-state index in [-0.39, 0.29) is 67.8 Å². The molecule has 5 rings (SSSR count). The molecule has 85 heavy (non-hydrogen) atoms. The molecule has 4 saturated carbocycles. The van der Waals surface area contributed by atoms with Crippen LogP contribution in [0.5, 0.6) is 0 Å². The molecule has 10 amide bonds. The number of nitrogens with zero attached hydrogens (tertiary/aromatic N) is 3. The number of carbonyl (C=O) groups excluding carboxylic acids is 10. The van der Waals surface area contributed by atoms with Crippen molar-refractivity contribution >= 4 is 59.6 Å². The minimum absolute atomic E-state index is 0.0326. The van der Waals surface area contributed by atoms with Crippen LogP contribution in [0.4, 0.5) is 0 Å². The van der Waals surface area contributed by atoms with Gasteiger partial charge in [0.05, 0.1) is 5.41 Å². The minimum Gasteiger partial charge on any atom is -0.354 e. The van der Waals surface area contributed by atoms with Crippen LogP contribution in [-0.4, -0.2) is 161 Å². The molecule has 6 atom stereocenters. The van der Waals surface area contributed by atoms with E-state index in [2.05, 4.69) is 49.5 Å². The number of hydrogen-bond donors (Lipinski definition) is 8. The summed E-state index contributed by atoms with van der Waals surface area (Å²) in [7, 11) is 3.80. The van der Waals surface area contributed by atoms with Crippen LogP contribution in [0, 0.1) is 40.9 Å². The van der Waals surface area contributed by atoms with Gasteiger partial charge in [0.1, 0.15) is 46.9 Å². The highest BCUT2D eigenvalue weighted by molar-refractivity contribution is 5.99. The average molecular weight is 1200 g/mol. The molecule has 21 heteroatoms. The summed E-state index contributed by atoms with van der Waals surface area (Å²) in [6.45, 7) is 25.5. The fourth-order valence-electron chi connectivity index (χ4n) is 13.7. The summed E-state index contributed by atoms with van der Waals surface area (Å²) >= 11 is 0. The zero-order valence-electron chi connectivity index (χ0n) is 55.0. The molecule has 0 aromatic heterocycles. The second-order valence-corrected chi connectivity index (χ2v) is 29.0. The summed E-state index contributed by atoms with van der Waals surface area (Å²) in [5, 5.41) is 22.5. The van der Waals surface area contributed by atoms with Crippen LogP contribution in [0.25, 0.3) is 0 Å². The Morgan fingerprint density at radius 2 is 1.06 bits per heavy atom. The van der Waals surface area contributed by atoms with Gasteiger partial charge in [0.2, 0.25) is 59.6 Å². The van der Waals surface area contributed by atoms with E-state index in [0.717, 1.165) is 57.8 Å². The Bertz CT molecular complexity index is 2270. The Hall–Kier alpha value is -5.34. The summed E-state index contributed by atoms with van der Waals surface area (Å²) in [5.74, 6) is -3.09. The number of likely N-dealkylation sites (N-methyl/N-ethyl adjacent to an activating group) is 1. The number of carbonyl (C=O) groups is 10. The average Bonchev–Trinajstić information content (AvgIpc) is 3.54. The molecule has 0 spiro atoms. The maximum Gasteiger partial charge on any atom is 0.246 e. The Kier molecular flexibility index (Phi) is 27.2. The van der Waals surface area contributed by atoms with Gasteiger partial charge in [-0.3, -0.25) is 47.9 Å². The standard InChI is InChI=1S/C64H113N11O10/c1-17-18-19-20-21-22-24-50(75(39-76)52-25-23-28-74(52)60(85)64-35-44-32-45(36-64)34-46(33-44)37-64)56(81)68-49(31-42(6)7)55(80)70-62(11,12)58(83)69-47(29-40(2)3)53(78)67-48(30-41(4)5)54(79)71-63(13,14)59(84)72-61(9,10)57(82)65-27-26-51(77)66-43(8)38-73(15)16/h39-50,52H,17-38H2,1-16H3,(H,65,82)(H,66,77)(H,67,78)(H,68,81)(H,69,83)(H,70,80)(H,71,79)(H,72,84)/t43-,44?,45?,46?,47-,48-,49-,50-,52+,64?/m0/s1. The molecular weight excluding hydrogens is 1080 g/mol. The molecule has 0 aromatic rings. The number of rotatable bonds is 36. The van der Waals surface area contributed by atoms with Crippen LogP contribution in [-0.2, 0) is 47.9 Å². The van der Waals surface area contributed by atoms with Crippen molar-refractivity contribution in [2.24, 2.45) is 40.9 Å². The summed E-state index contributed by atoms with van der Waals surface area (Å²) in [4.78, 5) is 145. The second-order valence-electron chi connectivity index (χ2n) is 29.0. The molecule has 4 aliphatic carbocycles. The van der Waals surface area contributed by atoms with E-state index < -0.39 is 93.7 Å². The van der Waals surface area contributed by atoms with Gasteiger partial charge in [0, 0.05) is 32.1 Å². The fraction of sp³-hybridized carbons (Fsp3) is 0.844. The lowest BCUT2D eigenvalue weighted by Gasteiger charge is -2.57. The minimum atomic E-state index is -1.63. The molecule has 0 radical (unpaired) electrons. The molecule has 4 bridgehead atoms. The van der Waals surface area contributed by atoms with E-state index in [1.165, 1.54) is 60.8 Å². The molecule has 1 saturated heterocycles. The highest BCUT2D eigenvalue weighted by Crippen LogP contribution is 2.61. The third-order valence-corrected chi connectivity index (χ3v) is 17.6. The summed E-state index contributed by atoms with van der Waals surface area (Å²) in [6.07, 6.45) is 14.4. The highest BCUT2D eigenvalue weighted by Gasteiger charge is 2.57. The zero-order chi connectivity index (χ0) is 63.8. The van der Waals surface area contributed by atoms with Crippen LogP contribution < -0.4 is 42.5 Å². The molecule has 1 heterocycles. The molecule has 1 aliphatic heterocycles. The Balaban J connectivity index is 1.46. The zero-order valence-corrected chi connectivity index (χ0v) is 55.0. The first-order valence-corrected chi connectivity index (χ1v) is 32.3. The predicted octanol–water partition coefficient (Wildman–Crippen LogP) is 5.58. The molecule has 5 aliphatic rings. The number of nitrogens with one attached hydrogen (secondary N) is 8. The van der Waals surface area contributed by atoms with Gasteiger partial charge in [-0.2, -0.15) is 0 Å². The lowest BCUT2D eigenvalue weighted by atomic mass is 9.49. The molecule has 0 aromatic carbocycles. The van der Waals surface area contributed by atoms with Crippen LogP contribution >= 0.6 is 0 Å². The summed E-state index contributed by atoms with van der Waals surface area (Å²) < 4.78 is 0. The van der Waals surface area contributed by atoms with Crippen molar-refractivity contribution in [1.82, 2.24) is 57.2 Å². The molecule has 484 valence electrons. The third kappa shape index (κ3) is 21.5. The Morgan fingerprint density at radius 3 is 1.55 bits per heavy atom. The highest BCUT2D eigenvalue weighted by atomic mass is 16.2. The Morgan fingerprint density at radius 1 is 0.588 bits per heavy atom. The molecule has 5 fully saturated rings. The lowest BCUT2D eigenvalue weighted by molar-refractivity contribution is -0.164. The quantitative estimate of drug-likeness (QED) is 0.0283. The van der Waals surface area contributed by atoms with Crippen molar-refractivity contribution < 1.29 is 47.9 Å². The van der Waals surface area contributed by atoms with Crippen molar-refractivity contribution in [2.75, 3.05) is 33.7 Å². The normalized spacial score (nSPS) is 22.0. The molecule has 8 N–H and O–H groups in total. The number of amides is 10. The van der Waals surface area contributed by atoms with Gasteiger partial charge in [-0.15, -0.1) is 0 Å². The van der Waals surface area contributed by atoms with Crippen molar-refractivity contribution in [1.29, 1.82) is 0 Å². The summed E-state index contributed by atoms with van der Waals surface area (Å²) in [5.41, 5.74) is -5.06. The Labute approximate surface area is 509 Å². The SMILES string of the molecule is CCCCCCCC[C@@H](C(=O)N[C@@H](CC(C)C)C(=O)NC(C)(C)C(=O)N[C@@H](CC(C)C)C(=O)N[C@@H](CC(C)C)C(=O)NC(C)(C)C(=O)NC(C)(C)C(=O)NCCC(=O)N[C@@H](C)CN(C)C)N(C=O)[C@@H]1CCCN1C(=O)C12CC3CC(CC(C3)C1)C2. The van der Waals surface area contributed by atoms with Crippen molar-refractivity contribution in [3.63, 3.8) is 0 Å². The van der Waals surface area contributed by atoms with E-state index >= 15 is 0 Å². The van der Waals surface area contributed by atoms with Crippen LogP contribution in [0.3, 0.4) is 0 Å². The van der Waals surface area contributed by atoms with Gasteiger partial charge < -0.3 is 57.2 Å². The van der Waals surface area contributed by atoms with E-state index in [4.69, 9.17) is 0 Å². The molecular formula is C64H113N11O10. The van der Waals surface area contributed by atoms with Crippen molar-refractivity contribution in [3.8, 4) is 0 Å². The maximum atomic E-state index is 14.9. The van der Waals surface area contributed by atoms with Gasteiger partial charge >= 0.3 is 0 Å². The summed E-state index contributed by atoms with van der Waals surface area (Å²) in [6, 6.07) is -4.47. The van der Waals surface area contributed by atoms with E-state index in [1.54, 1.807) is 4.90 Å². The first-order valence-electron chi connectivity index (χ1n) is 32.3. The third-order valence-electron chi connectivity index (χ3n) is 17.6. The van der Waals surface area contributed by atoms with E-state index in [1.807, 2.05) is 72.4 Å². The van der Waals surface area contributed by atoms with Gasteiger partial charge in [-0.1, -0.05) is 87.0 Å². The number of hydrogen-bond acceptors (Lipinski definition) is 11. The van der Waals surface area contributed by atoms with Crippen LogP contribution in [0.15, 0.2) is 0 Å². The van der Waals surface area contributed by atoms with Crippen molar-refractivity contribution in [3.05, 3.63) is 0 Å². The number of likely N-dealkylation sites (tertiary alicyclic amines) is 1. The van der Waals surface area contributed by atoms with E-state index in [0.29, 0.717) is 56.5 Å². The van der Waals surface area contributed by atoms with Gasteiger partial charge in [-0.05, 0) is 175 Å². The molecule has 0 unspecified atom stereocenters. The fourth-order valence-corrected chi connectivity index (χ4v) is 13.7. The van der Waals surface area contributed by atoms with Crippen LogP contribution in [0.2, 0.25) is 0 Å². The molecule has 21 nitrogen and oxygen atoms in total. The first kappa shape index (κ1) is 72.1.